The quantitative estimate of drug-likeness (QED) is 0.395. The van der Waals surface area contributed by atoms with Crippen molar-refractivity contribution in [1.82, 2.24) is 0 Å². The van der Waals surface area contributed by atoms with Gasteiger partial charge in [0.25, 0.3) is 0 Å². The van der Waals surface area contributed by atoms with Crippen LogP contribution in [-0.4, -0.2) is 40.7 Å². The Balaban J connectivity index is 1.61. The summed E-state index contributed by atoms with van der Waals surface area (Å²) in [4.78, 5) is 52.0. The van der Waals surface area contributed by atoms with Gasteiger partial charge in [-0.05, 0) is 37.3 Å². The number of carbonyl (C=O) groups excluding carboxylic acids is 3. The molecule has 1 fully saturated rings. The van der Waals surface area contributed by atoms with E-state index < -0.39 is 40.8 Å². The van der Waals surface area contributed by atoms with Crippen molar-refractivity contribution in [3.63, 3.8) is 0 Å². The maximum atomic E-state index is 13.6. The van der Waals surface area contributed by atoms with Crippen molar-refractivity contribution in [3.05, 3.63) is 64.2 Å². The SMILES string of the molecule is CCOc1cccc2c1OC(=O)C1=C(N)SC3C(=O)N(c4ccc(C(=O)O)cc4)C(=O)C3C12. The Morgan fingerprint density at radius 3 is 2.55 bits per heavy atom. The van der Waals surface area contributed by atoms with Crippen LogP contribution in [0, 0.1) is 5.92 Å². The number of hydrogen-bond donors (Lipinski definition) is 2. The lowest BCUT2D eigenvalue weighted by atomic mass is 9.77. The highest BCUT2D eigenvalue weighted by molar-refractivity contribution is 8.04. The Bertz CT molecular complexity index is 1250. The van der Waals surface area contributed by atoms with Crippen molar-refractivity contribution in [1.29, 1.82) is 0 Å². The van der Waals surface area contributed by atoms with E-state index in [1.54, 1.807) is 25.1 Å². The number of nitrogens with zero attached hydrogens (tertiary/aromatic N) is 1. The standard InChI is InChI=1S/C23H18N2O7S/c1-2-31-13-5-3-4-12-14-15-18(33-19(24)16(14)23(30)32-17(12)13)21(27)25(20(15)26)11-8-6-10(7-9-11)22(28)29/h3-9,14-15,18H,2,24H2,1H3,(H,28,29). The van der Waals surface area contributed by atoms with Gasteiger partial charge in [0.15, 0.2) is 11.5 Å². The average molecular weight is 466 g/mol. The summed E-state index contributed by atoms with van der Waals surface area (Å²) in [5.41, 5.74) is 7.20. The molecule has 3 atom stereocenters. The van der Waals surface area contributed by atoms with Gasteiger partial charge in [-0.15, -0.1) is 0 Å². The number of benzene rings is 2. The van der Waals surface area contributed by atoms with Crippen molar-refractivity contribution < 1.29 is 33.8 Å². The monoisotopic (exact) mass is 466 g/mol. The molecule has 33 heavy (non-hydrogen) atoms. The molecule has 3 aliphatic rings. The number of thioether (sulfide) groups is 1. The van der Waals surface area contributed by atoms with E-state index in [0.717, 1.165) is 16.7 Å². The van der Waals surface area contributed by atoms with Gasteiger partial charge in [-0.25, -0.2) is 14.5 Å². The predicted molar refractivity (Wildman–Crippen MR) is 118 cm³/mol. The summed E-state index contributed by atoms with van der Waals surface area (Å²) < 4.78 is 11.1. The summed E-state index contributed by atoms with van der Waals surface area (Å²) in [6.45, 7) is 2.15. The lowest BCUT2D eigenvalue weighted by Gasteiger charge is -2.36. The highest BCUT2D eigenvalue weighted by atomic mass is 32.2. The Kier molecular flexibility index (Phi) is 4.89. The number of rotatable bonds is 4. The molecule has 0 aromatic heterocycles. The summed E-state index contributed by atoms with van der Waals surface area (Å²) >= 11 is 0.973. The average Bonchev–Trinajstić information content (AvgIpc) is 3.04. The number of para-hydroxylation sites is 1. The summed E-state index contributed by atoms with van der Waals surface area (Å²) in [7, 11) is 0. The first-order valence-electron chi connectivity index (χ1n) is 10.2. The number of carboxylic acid groups (broad SMARTS) is 1. The van der Waals surface area contributed by atoms with E-state index in [0.29, 0.717) is 17.9 Å². The van der Waals surface area contributed by atoms with Crippen LogP contribution in [0.1, 0.15) is 28.8 Å². The molecule has 0 bridgehead atoms. The fourth-order valence-electron chi connectivity index (χ4n) is 4.53. The molecule has 1 saturated heterocycles. The first-order valence-corrected chi connectivity index (χ1v) is 11.1. The predicted octanol–water partition coefficient (Wildman–Crippen LogP) is 2.26. The van der Waals surface area contributed by atoms with E-state index in [4.69, 9.17) is 20.3 Å². The van der Waals surface area contributed by atoms with Crippen molar-refractivity contribution in [2.75, 3.05) is 11.5 Å². The third-order valence-electron chi connectivity index (χ3n) is 5.92. The third kappa shape index (κ3) is 3.09. The number of nitrogens with two attached hydrogens (primary N) is 1. The number of fused-ring (bicyclic) bond motifs is 5. The summed E-state index contributed by atoms with van der Waals surface area (Å²) in [6.07, 6.45) is 0. The number of carboxylic acids is 1. The van der Waals surface area contributed by atoms with E-state index >= 15 is 0 Å². The molecule has 2 aromatic carbocycles. The van der Waals surface area contributed by atoms with Crippen LogP contribution in [0.15, 0.2) is 53.1 Å². The van der Waals surface area contributed by atoms with E-state index in [2.05, 4.69) is 0 Å². The van der Waals surface area contributed by atoms with Gasteiger partial charge in [0.1, 0.15) is 5.25 Å². The number of esters is 1. The van der Waals surface area contributed by atoms with Gasteiger partial charge in [-0.1, -0.05) is 23.9 Å². The molecular formula is C23H18N2O7S. The molecule has 2 aromatic rings. The molecule has 0 aliphatic carbocycles. The molecule has 2 amide bonds. The van der Waals surface area contributed by atoms with Crippen molar-refractivity contribution in [3.8, 4) is 11.5 Å². The maximum absolute atomic E-state index is 13.6. The first kappa shape index (κ1) is 21.1. The van der Waals surface area contributed by atoms with E-state index in [1.807, 2.05) is 0 Å². The Labute approximate surface area is 192 Å². The maximum Gasteiger partial charge on any atom is 0.342 e. The zero-order chi connectivity index (χ0) is 23.4. The second kappa shape index (κ2) is 7.66. The van der Waals surface area contributed by atoms with Crippen LogP contribution in [0.5, 0.6) is 11.5 Å². The second-order valence-electron chi connectivity index (χ2n) is 7.68. The number of imide groups is 1. The fraction of sp³-hybridized carbons (Fsp3) is 0.217. The molecule has 0 radical (unpaired) electrons. The van der Waals surface area contributed by atoms with Crippen LogP contribution in [-0.2, 0) is 14.4 Å². The summed E-state index contributed by atoms with van der Waals surface area (Å²) in [5, 5.41) is 8.43. The van der Waals surface area contributed by atoms with Gasteiger partial charge >= 0.3 is 11.9 Å². The first-order chi connectivity index (χ1) is 15.8. The lowest BCUT2D eigenvalue weighted by Crippen LogP contribution is -2.39. The number of carbonyl (C=O) groups is 4. The van der Waals surface area contributed by atoms with Gasteiger partial charge in [0.05, 0.1) is 34.4 Å². The minimum Gasteiger partial charge on any atom is -0.490 e. The Morgan fingerprint density at radius 1 is 1.15 bits per heavy atom. The Morgan fingerprint density at radius 2 is 1.88 bits per heavy atom. The summed E-state index contributed by atoms with van der Waals surface area (Å²) in [5.74, 6) is -3.81. The number of aromatic carboxylic acids is 1. The normalized spacial score (nSPS) is 23.6. The van der Waals surface area contributed by atoms with Gasteiger partial charge < -0.3 is 20.3 Å². The second-order valence-corrected chi connectivity index (χ2v) is 8.86. The van der Waals surface area contributed by atoms with E-state index in [1.165, 1.54) is 24.3 Å². The fourth-order valence-corrected chi connectivity index (χ4v) is 5.77. The molecule has 10 heteroatoms. The molecule has 3 unspecified atom stereocenters. The van der Waals surface area contributed by atoms with Crippen LogP contribution < -0.4 is 20.1 Å². The van der Waals surface area contributed by atoms with Crippen LogP contribution in [0.2, 0.25) is 0 Å². The van der Waals surface area contributed by atoms with E-state index in [9.17, 15) is 19.2 Å². The molecular weight excluding hydrogens is 448 g/mol. The van der Waals surface area contributed by atoms with Crippen LogP contribution in [0.3, 0.4) is 0 Å². The number of hydrogen-bond acceptors (Lipinski definition) is 8. The van der Waals surface area contributed by atoms with Crippen molar-refractivity contribution >= 4 is 41.2 Å². The van der Waals surface area contributed by atoms with Crippen LogP contribution in [0.4, 0.5) is 5.69 Å². The number of amides is 2. The smallest absolute Gasteiger partial charge is 0.342 e. The van der Waals surface area contributed by atoms with Crippen molar-refractivity contribution in [2.24, 2.45) is 11.7 Å². The molecule has 9 nitrogen and oxygen atoms in total. The molecule has 3 aliphatic heterocycles. The van der Waals surface area contributed by atoms with Crippen LogP contribution >= 0.6 is 11.8 Å². The topological polar surface area (TPSA) is 136 Å². The molecule has 0 saturated carbocycles. The van der Waals surface area contributed by atoms with Gasteiger partial charge in [-0.3, -0.25) is 9.59 Å². The summed E-state index contributed by atoms with van der Waals surface area (Å²) in [6, 6.07) is 10.6. The molecule has 168 valence electrons. The van der Waals surface area contributed by atoms with Gasteiger partial charge in [0.2, 0.25) is 11.8 Å². The zero-order valence-electron chi connectivity index (χ0n) is 17.3. The molecule has 0 spiro atoms. The molecule has 3 N–H and O–H groups in total. The lowest BCUT2D eigenvalue weighted by molar-refractivity contribution is -0.132. The van der Waals surface area contributed by atoms with Crippen molar-refractivity contribution in [2.45, 2.75) is 18.1 Å². The largest absolute Gasteiger partial charge is 0.490 e. The Hall–Kier alpha value is -3.79. The third-order valence-corrected chi connectivity index (χ3v) is 7.14. The minimum absolute atomic E-state index is 0.0326. The number of anilines is 1. The highest BCUT2D eigenvalue weighted by Gasteiger charge is 2.58. The zero-order valence-corrected chi connectivity index (χ0v) is 18.1. The number of ether oxygens (including phenoxy) is 2. The van der Waals surface area contributed by atoms with Gasteiger partial charge in [0, 0.05) is 11.5 Å². The molecule has 5 rings (SSSR count). The highest BCUT2D eigenvalue weighted by Crippen LogP contribution is 2.56. The van der Waals surface area contributed by atoms with E-state index in [-0.39, 0.29) is 27.6 Å². The molecule has 3 heterocycles. The van der Waals surface area contributed by atoms with Crippen LogP contribution in [0.25, 0.3) is 0 Å². The minimum atomic E-state index is -1.12. The van der Waals surface area contributed by atoms with Gasteiger partial charge in [-0.2, -0.15) is 0 Å².